The maximum Gasteiger partial charge on any atom is 0.337 e. The molecule has 0 saturated carbocycles. The van der Waals surface area contributed by atoms with Crippen LogP contribution < -0.4 is 9.64 Å². The van der Waals surface area contributed by atoms with E-state index in [9.17, 15) is 4.79 Å². The number of aromatic nitrogens is 2. The number of ether oxygens (including phenoxy) is 2. The first-order valence-electron chi connectivity index (χ1n) is 12.9. The van der Waals surface area contributed by atoms with Gasteiger partial charge < -0.3 is 18.9 Å². The molecule has 4 aromatic rings. The fourth-order valence-electron chi connectivity index (χ4n) is 5.03. The Morgan fingerprint density at radius 3 is 2.22 bits per heavy atom. The summed E-state index contributed by atoms with van der Waals surface area (Å²) in [4.78, 5) is 21.5. The number of methoxy groups -OCH3 is 2. The van der Waals surface area contributed by atoms with Crippen molar-refractivity contribution in [3.63, 3.8) is 0 Å². The number of carbonyl (C=O) groups is 1. The SMILES string of the molecule is COC(=O)c1ccc(Cn2ccc3cc(N4CCCN(Cc5ccc(OC)cc5)CCC4)cnc32)cc1. The van der Waals surface area contributed by atoms with Crippen LogP contribution in [0.2, 0.25) is 0 Å². The molecule has 0 aliphatic carbocycles. The van der Waals surface area contributed by atoms with Gasteiger partial charge in [-0.15, -0.1) is 0 Å². The van der Waals surface area contributed by atoms with Gasteiger partial charge in [-0.3, -0.25) is 4.90 Å². The van der Waals surface area contributed by atoms with Crippen LogP contribution in [0.3, 0.4) is 0 Å². The van der Waals surface area contributed by atoms with Crippen LogP contribution in [0.1, 0.15) is 34.3 Å². The smallest absolute Gasteiger partial charge is 0.337 e. The number of benzene rings is 2. The van der Waals surface area contributed by atoms with Crippen LogP contribution in [0.25, 0.3) is 11.0 Å². The monoisotopic (exact) mass is 498 g/mol. The topological polar surface area (TPSA) is 59.8 Å². The van der Waals surface area contributed by atoms with Crippen LogP contribution in [-0.2, 0) is 17.8 Å². The van der Waals surface area contributed by atoms with Crippen molar-refractivity contribution < 1.29 is 14.3 Å². The molecular formula is C30H34N4O3. The standard InChI is InChI=1S/C30H34N4O3/c1-36-28-11-7-23(8-12-28)21-32-14-3-16-33(17-4-15-32)27-19-26-13-18-34(29(26)31-20-27)22-24-5-9-25(10-6-24)30(35)37-2/h5-13,18-20H,3-4,14-17,21-22H2,1-2H3. The van der Waals surface area contributed by atoms with Crippen molar-refractivity contribution in [2.45, 2.75) is 25.9 Å². The zero-order chi connectivity index (χ0) is 25.6. The number of pyridine rings is 1. The molecular weight excluding hydrogens is 464 g/mol. The lowest BCUT2D eigenvalue weighted by molar-refractivity contribution is 0.0600. The summed E-state index contributed by atoms with van der Waals surface area (Å²) in [7, 11) is 3.10. The van der Waals surface area contributed by atoms with Gasteiger partial charge in [0.1, 0.15) is 11.4 Å². The molecule has 0 amide bonds. The molecule has 1 saturated heterocycles. The minimum atomic E-state index is -0.318. The Kier molecular flexibility index (Phi) is 7.70. The molecule has 192 valence electrons. The number of carbonyl (C=O) groups excluding carboxylic acids is 1. The quantitative estimate of drug-likeness (QED) is 0.335. The Hall–Kier alpha value is -3.84. The van der Waals surface area contributed by atoms with E-state index in [4.69, 9.17) is 14.5 Å². The van der Waals surface area contributed by atoms with Gasteiger partial charge in [-0.05, 0) is 60.4 Å². The van der Waals surface area contributed by atoms with Gasteiger partial charge >= 0.3 is 5.97 Å². The van der Waals surface area contributed by atoms with Crippen molar-refractivity contribution in [2.24, 2.45) is 0 Å². The van der Waals surface area contributed by atoms with Gasteiger partial charge in [0.15, 0.2) is 0 Å². The van der Waals surface area contributed by atoms with Gasteiger partial charge in [-0.25, -0.2) is 9.78 Å². The zero-order valence-corrected chi connectivity index (χ0v) is 21.6. The third kappa shape index (κ3) is 5.94. The molecule has 1 aliphatic rings. The summed E-state index contributed by atoms with van der Waals surface area (Å²) < 4.78 is 12.2. The maximum atomic E-state index is 11.7. The van der Waals surface area contributed by atoms with E-state index >= 15 is 0 Å². The van der Waals surface area contributed by atoms with E-state index in [0.717, 1.165) is 67.9 Å². The zero-order valence-electron chi connectivity index (χ0n) is 21.6. The highest BCUT2D eigenvalue weighted by Crippen LogP contribution is 2.24. The fourth-order valence-corrected chi connectivity index (χ4v) is 5.03. The summed E-state index contributed by atoms with van der Waals surface area (Å²) in [6, 6.07) is 20.3. The molecule has 0 N–H and O–H groups in total. The van der Waals surface area contributed by atoms with Crippen molar-refractivity contribution >= 4 is 22.7 Å². The molecule has 37 heavy (non-hydrogen) atoms. The third-order valence-corrected chi connectivity index (χ3v) is 7.05. The summed E-state index contributed by atoms with van der Waals surface area (Å²) in [6.07, 6.45) is 6.34. The molecule has 7 nitrogen and oxygen atoms in total. The van der Waals surface area contributed by atoms with Crippen molar-refractivity contribution in [3.8, 4) is 5.75 Å². The minimum Gasteiger partial charge on any atom is -0.497 e. The van der Waals surface area contributed by atoms with Gasteiger partial charge in [-0.1, -0.05) is 24.3 Å². The Morgan fingerprint density at radius 1 is 0.865 bits per heavy atom. The molecule has 0 atom stereocenters. The Balaban J connectivity index is 1.20. The summed E-state index contributed by atoms with van der Waals surface area (Å²) >= 11 is 0. The van der Waals surface area contributed by atoms with Crippen LogP contribution in [0.15, 0.2) is 73.1 Å². The van der Waals surface area contributed by atoms with E-state index < -0.39 is 0 Å². The highest BCUT2D eigenvalue weighted by Gasteiger charge is 2.15. The van der Waals surface area contributed by atoms with E-state index in [1.165, 1.54) is 18.4 Å². The Bertz CT molecular complexity index is 1320. The molecule has 0 spiro atoms. The normalized spacial score (nSPS) is 14.8. The molecule has 1 aliphatic heterocycles. The second-order valence-electron chi connectivity index (χ2n) is 9.56. The lowest BCUT2D eigenvalue weighted by Gasteiger charge is -2.31. The number of hydrogen-bond donors (Lipinski definition) is 0. The molecule has 5 rings (SSSR count). The summed E-state index contributed by atoms with van der Waals surface area (Å²) in [6.45, 7) is 5.91. The van der Waals surface area contributed by atoms with Crippen molar-refractivity contribution in [1.29, 1.82) is 0 Å². The molecule has 0 radical (unpaired) electrons. The van der Waals surface area contributed by atoms with E-state index in [2.05, 4.69) is 44.8 Å². The first kappa shape index (κ1) is 24.8. The van der Waals surface area contributed by atoms with Crippen molar-refractivity contribution in [3.05, 3.63) is 89.7 Å². The Morgan fingerprint density at radius 2 is 1.54 bits per heavy atom. The van der Waals surface area contributed by atoms with Gasteiger partial charge in [0.25, 0.3) is 0 Å². The molecule has 2 aromatic heterocycles. The number of rotatable bonds is 7. The van der Waals surface area contributed by atoms with Crippen molar-refractivity contribution in [2.75, 3.05) is 45.3 Å². The van der Waals surface area contributed by atoms with E-state index in [1.54, 1.807) is 19.2 Å². The molecule has 0 unspecified atom stereocenters. The molecule has 0 bridgehead atoms. The summed E-state index contributed by atoms with van der Waals surface area (Å²) in [5.41, 5.74) is 5.16. The summed E-state index contributed by atoms with van der Waals surface area (Å²) in [5, 5.41) is 1.15. The fraction of sp³-hybridized carbons (Fsp3) is 0.333. The second-order valence-corrected chi connectivity index (χ2v) is 9.56. The third-order valence-electron chi connectivity index (χ3n) is 7.05. The average Bonchev–Trinajstić information content (AvgIpc) is 3.32. The minimum absolute atomic E-state index is 0.318. The van der Waals surface area contributed by atoms with Gasteiger partial charge in [-0.2, -0.15) is 0 Å². The summed E-state index contributed by atoms with van der Waals surface area (Å²) in [5.74, 6) is 0.587. The largest absolute Gasteiger partial charge is 0.497 e. The van der Waals surface area contributed by atoms with Crippen LogP contribution in [0.4, 0.5) is 5.69 Å². The predicted molar refractivity (Wildman–Crippen MR) is 146 cm³/mol. The van der Waals surface area contributed by atoms with E-state index in [1.807, 2.05) is 30.5 Å². The lowest BCUT2D eigenvalue weighted by atomic mass is 10.1. The van der Waals surface area contributed by atoms with Gasteiger partial charge in [0, 0.05) is 50.9 Å². The average molecular weight is 499 g/mol. The highest BCUT2D eigenvalue weighted by molar-refractivity contribution is 5.89. The van der Waals surface area contributed by atoms with E-state index in [0.29, 0.717) is 12.1 Å². The van der Waals surface area contributed by atoms with Crippen LogP contribution in [0.5, 0.6) is 5.75 Å². The Labute approximate surface area is 218 Å². The molecule has 1 fully saturated rings. The first-order chi connectivity index (χ1) is 18.1. The van der Waals surface area contributed by atoms with Crippen LogP contribution in [0, 0.1) is 0 Å². The lowest BCUT2D eigenvalue weighted by Crippen LogP contribution is -2.36. The number of nitrogens with zero attached hydrogens (tertiary/aromatic N) is 4. The maximum absolute atomic E-state index is 11.7. The van der Waals surface area contributed by atoms with Gasteiger partial charge in [0.2, 0.25) is 0 Å². The molecule has 7 heteroatoms. The van der Waals surface area contributed by atoms with E-state index in [-0.39, 0.29) is 5.97 Å². The number of hydrogen-bond acceptors (Lipinski definition) is 6. The van der Waals surface area contributed by atoms with Gasteiger partial charge in [0.05, 0.1) is 31.7 Å². The first-order valence-corrected chi connectivity index (χ1v) is 12.9. The molecule has 3 heterocycles. The van der Waals surface area contributed by atoms with Crippen LogP contribution >= 0.6 is 0 Å². The van der Waals surface area contributed by atoms with Crippen molar-refractivity contribution in [1.82, 2.24) is 14.5 Å². The highest BCUT2D eigenvalue weighted by atomic mass is 16.5. The predicted octanol–water partition coefficient (Wildman–Crippen LogP) is 4.98. The van der Waals surface area contributed by atoms with Crippen LogP contribution in [-0.4, -0.2) is 60.8 Å². The number of esters is 1. The molecule has 2 aromatic carbocycles. The second kappa shape index (κ2) is 11.5. The number of fused-ring (bicyclic) bond motifs is 1. The number of anilines is 1.